The van der Waals surface area contributed by atoms with E-state index in [1.807, 2.05) is 6.08 Å². The molecule has 0 aromatic rings. The van der Waals surface area contributed by atoms with Crippen LogP contribution in [0, 0.1) is 0 Å². The van der Waals surface area contributed by atoms with Crippen molar-refractivity contribution in [2.75, 3.05) is 0 Å². The second kappa shape index (κ2) is 2.34. The van der Waals surface area contributed by atoms with Crippen LogP contribution in [0.4, 0.5) is 0 Å². The molecule has 0 aliphatic carbocycles. The summed E-state index contributed by atoms with van der Waals surface area (Å²) in [5, 5.41) is 12.0. The SMILES string of the molecule is O=C(O)C1=CCC2CCC1N2. The number of hydrogen-bond acceptors (Lipinski definition) is 2. The third kappa shape index (κ3) is 1.05. The monoisotopic (exact) mass is 153 g/mol. The van der Waals surface area contributed by atoms with Gasteiger partial charge in [0.2, 0.25) is 0 Å². The molecule has 1 saturated heterocycles. The van der Waals surface area contributed by atoms with Gasteiger partial charge in [-0.3, -0.25) is 0 Å². The Morgan fingerprint density at radius 1 is 1.64 bits per heavy atom. The highest BCUT2D eigenvalue weighted by Crippen LogP contribution is 2.26. The summed E-state index contributed by atoms with van der Waals surface area (Å²) in [6, 6.07) is 0.675. The lowest BCUT2D eigenvalue weighted by Gasteiger charge is -2.19. The van der Waals surface area contributed by atoms with Crippen LogP contribution in [0.3, 0.4) is 0 Å². The number of carboxylic acids is 1. The Morgan fingerprint density at radius 2 is 2.45 bits per heavy atom. The van der Waals surface area contributed by atoms with Gasteiger partial charge in [0.15, 0.2) is 0 Å². The second-order valence-electron chi connectivity index (χ2n) is 3.19. The molecule has 0 radical (unpaired) electrons. The van der Waals surface area contributed by atoms with Crippen molar-refractivity contribution in [2.45, 2.75) is 31.3 Å². The molecule has 3 heteroatoms. The number of fused-ring (bicyclic) bond motifs is 2. The molecule has 2 atom stereocenters. The minimum absolute atomic E-state index is 0.131. The van der Waals surface area contributed by atoms with Gasteiger partial charge in [0.05, 0.1) is 0 Å². The van der Waals surface area contributed by atoms with Crippen LogP contribution in [-0.2, 0) is 4.79 Å². The summed E-state index contributed by atoms with van der Waals surface area (Å²) in [6.07, 6.45) is 4.86. The Labute approximate surface area is 65.1 Å². The summed E-state index contributed by atoms with van der Waals surface area (Å²) < 4.78 is 0. The van der Waals surface area contributed by atoms with E-state index < -0.39 is 5.97 Å². The number of carboxylic acid groups (broad SMARTS) is 1. The van der Waals surface area contributed by atoms with Crippen LogP contribution < -0.4 is 5.32 Å². The standard InChI is InChI=1S/C8H11NO2/c10-8(11)6-3-1-5-2-4-7(6)9-5/h3,5,7,9H,1-2,4H2,(H,10,11). The van der Waals surface area contributed by atoms with Gasteiger partial charge in [-0.15, -0.1) is 0 Å². The van der Waals surface area contributed by atoms with Crippen LogP contribution in [0.25, 0.3) is 0 Å². The van der Waals surface area contributed by atoms with E-state index in [2.05, 4.69) is 5.32 Å². The van der Waals surface area contributed by atoms with Gasteiger partial charge in [0, 0.05) is 17.7 Å². The Kier molecular flexibility index (Phi) is 1.46. The average molecular weight is 153 g/mol. The van der Waals surface area contributed by atoms with Crippen LogP contribution in [0.2, 0.25) is 0 Å². The van der Waals surface area contributed by atoms with E-state index in [-0.39, 0.29) is 6.04 Å². The summed E-state index contributed by atoms with van der Waals surface area (Å²) in [4.78, 5) is 10.6. The predicted molar refractivity (Wildman–Crippen MR) is 40.3 cm³/mol. The number of hydrogen-bond donors (Lipinski definition) is 2. The Morgan fingerprint density at radius 3 is 3.18 bits per heavy atom. The molecule has 2 rings (SSSR count). The summed E-state index contributed by atoms with van der Waals surface area (Å²) in [5.41, 5.74) is 0.568. The lowest BCUT2D eigenvalue weighted by atomic mass is 10.0. The molecule has 3 nitrogen and oxygen atoms in total. The van der Waals surface area contributed by atoms with Gasteiger partial charge in [-0.25, -0.2) is 4.79 Å². The van der Waals surface area contributed by atoms with Crippen molar-refractivity contribution in [1.82, 2.24) is 5.32 Å². The van der Waals surface area contributed by atoms with Crippen molar-refractivity contribution in [3.8, 4) is 0 Å². The topological polar surface area (TPSA) is 49.3 Å². The number of aliphatic carboxylic acids is 1. The van der Waals surface area contributed by atoms with Gasteiger partial charge in [-0.2, -0.15) is 0 Å². The minimum Gasteiger partial charge on any atom is -0.478 e. The fourth-order valence-electron chi connectivity index (χ4n) is 1.90. The zero-order valence-corrected chi connectivity index (χ0v) is 6.21. The molecular weight excluding hydrogens is 142 g/mol. The highest BCUT2D eigenvalue weighted by Gasteiger charge is 2.32. The summed E-state index contributed by atoms with van der Waals surface area (Å²) in [7, 11) is 0. The maximum Gasteiger partial charge on any atom is 0.332 e. The summed E-state index contributed by atoms with van der Waals surface area (Å²) in [6.45, 7) is 0. The number of nitrogens with one attached hydrogen (secondary N) is 1. The molecule has 0 amide bonds. The van der Waals surface area contributed by atoms with Crippen LogP contribution in [0.1, 0.15) is 19.3 Å². The molecule has 1 fully saturated rings. The van der Waals surface area contributed by atoms with Gasteiger partial charge in [0.25, 0.3) is 0 Å². The molecule has 2 unspecified atom stereocenters. The van der Waals surface area contributed by atoms with E-state index >= 15 is 0 Å². The second-order valence-corrected chi connectivity index (χ2v) is 3.19. The smallest absolute Gasteiger partial charge is 0.332 e. The Bertz CT molecular complexity index is 222. The van der Waals surface area contributed by atoms with Crippen LogP contribution in [-0.4, -0.2) is 23.2 Å². The maximum atomic E-state index is 10.6. The zero-order chi connectivity index (χ0) is 7.84. The van der Waals surface area contributed by atoms with Crippen molar-refractivity contribution in [1.29, 1.82) is 0 Å². The minimum atomic E-state index is -0.761. The van der Waals surface area contributed by atoms with Crippen molar-refractivity contribution in [3.63, 3.8) is 0 Å². The first-order valence-electron chi connectivity index (χ1n) is 3.97. The molecule has 11 heavy (non-hydrogen) atoms. The van der Waals surface area contributed by atoms with E-state index in [1.165, 1.54) is 0 Å². The largest absolute Gasteiger partial charge is 0.478 e. The quantitative estimate of drug-likeness (QED) is 0.577. The molecule has 0 spiro atoms. The summed E-state index contributed by atoms with van der Waals surface area (Å²) in [5.74, 6) is -0.761. The van der Waals surface area contributed by atoms with Crippen LogP contribution in [0.15, 0.2) is 11.6 Å². The van der Waals surface area contributed by atoms with Crippen molar-refractivity contribution in [2.24, 2.45) is 0 Å². The highest BCUT2D eigenvalue weighted by atomic mass is 16.4. The van der Waals surface area contributed by atoms with Crippen molar-refractivity contribution in [3.05, 3.63) is 11.6 Å². The van der Waals surface area contributed by atoms with Crippen LogP contribution >= 0.6 is 0 Å². The van der Waals surface area contributed by atoms with E-state index in [0.29, 0.717) is 11.6 Å². The normalized spacial score (nSPS) is 35.1. The van der Waals surface area contributed by atoms with E-state index in [1.54, 1.807) is 0 Å². The first-order chi connectivity index (χ1) is 5.27. The van der Waals surface area contributed by atoms with Crippen LogP contribution in [0.5, 0.6) is 0 Å². The Balaban J connectivity index is 2.21. The highest BCUT2D eigenvalue weighted by molar-refractivity contribution is 5.88. The number of carbonyl (C=O) groups is 1. The molecule has 2 bridgehead atoms. The predicted octanol–water partition coefficient (Wildman–Crippen LogP) is 0.522. The third-order valence-electron chi connectivity index (χ3n) is 2.49. The molecule has 2 N–H and O–H groups in total. The summed E-state index contributed by atoms with van der Waals surface area (Å²) >= 11 is 0. The molecular formula is C8H11NO2. The number of rotatable bonds is 1. The van der Waals surface area contributed by atoms with Gasteiger partial charge in [-0.1, -0.05) is 6.08 Å². The first-order valence-corrected chi connectivity index (χ1v) is 3.97. The van der Waals surface area contributed by atoms with E-state index in [9.17, 15) is 4.79 Å². The lowest BCUT2D eigenvalue weighted by molar-refractivity contribution is -0.133. The van der Waals surface area contributed by atoms with Crippen molar-refractivity contribution >= 4 is 5.97 Å². The van der Waals surface area contributed by atoms with Gasteiger partial charge >= 0.3 is 5.97 Å². The van der Waals surface area contributed by atoms with Crippen molar-refractivity contribution < 1.29 is 9.90 Å². The van der Waals surface area contributed by atoms with Gasteiger partial charge in [0.1, 0.15) is 0 Å². The molecule has 0 saturated carbocycles. The fourth-order valence-corrected chi connectivity index (χ4v) is 1.90. The van der Waals surface area contributed by atoms with Gasteiger partial charge in [-0.05, 0) is 19.3 Å². The molecule has 0 aromatic heterocycles. The lowest BCUT2D eigenvalue weighted by Crippen LogP contribution is -2.36. The van der Waals surface area contributed by atoms with E-state index in [4.69, 9.17) is 5.11 Å². The van der Waals surface area contributed by atoms with E-state index in [0.717, 1.165) is 19.3 Å². The molecule has 2 heterocycles. The Hall–Kier alpha value is -0.830. The fraction of sp³-hybridized carbons (Fsp3) is 0.625. The van der Waals surface area contributed by atoms with Gasteiger partial charge < -0.3 is 10.4 Å². The average Bonchev–Trinajstić information content (AvgIpc) is 2.32. The molecule has 2 aliphatic heterocycles. The molecule has 0 aromatic carbocycles. The maximum absolute atomic E-state index is 10.6. The zero-order valence-electron chi connectivity index (χ0n) is 6.21. The molecule has 2 aliphatic rings. The molecule has 60 valence electrons. The third-order valence-corrected chi connectivity index (χ3v) is 2.49. The first kappa shape index (κ1) is 6.85.